The number of aromatic nitrogens is 1. The number of rotatable bonds is 4. The summed E-state index contributed by atoms with van der Waals surface area (Å²) in [5.41, 5.74) is 1.66. The van der Waals surface area contributed by atoms with Crippen molar-refractivity contribution < 1.29 is 4.39 Å². The minimum absolute atomic E-state index is 0.0272. The highest BCUT2D eigenvalue weighted by atomic mass is 32.1. The van der Waals surface area contributed by atoms with Gasteiger partial charge in [-0.2, -0.15) is 0 Å². The molecular formula is C17H21FN2S. The zero-order chi connectivity index (χ0) is 15.0. The van der Waals surface area contributed by atoms with Gasteiger partial charge in [0.15, 0.2) is 0 Å². The van der Waals surface area contributed by atoms with Crippen molar-refractivity contribution in [2.45, 2.75) is 51.6 Å². The Morgan fingerprint density at radius 2 is 2.00 bits per heavy atom. The van der Waals surface area contributed by atoms with Gasteiger partial charge in [0.05, 0.1) is 5.69 Å². The van der Waals surface area contributed by atoms with Crippen molar-refractivity contribution in [1.82, 2.24) is 10.3 Å². The second kappa shape index (κ2) is 5.50. The average molecular weight is 304 g/mol. The topological polar surface area (TPSA) is 24.9 Å². The first-order valence-corrected chi connectivity index (χ1v) is 8.25. The van der Waals surface area contributed by atoms with Crippen molar-refractivity contribution in [1.29, 1.82) is 0 Å². The van der Waals surface area contributed by atoms with Gasteiger partial charge < -0.3 is 5.32 Å². The Balaban J connectivity index is 1.96. The normalized spacial score (nSPS) is 15.4. The Labute approximate surface area is 129 Å². The third-order valence-electron chi connectivity index (χ3n) is 3.64. The highest BCUT2D eigenvalue weighted by molar-refractivity contribution is 7.15. The number of hydrogen-bond donors (Lipinski definition) is 1. The van der Waals surface area contributed by atoms with Crippen molar-refractivity contribution in [2.24, 2.45) is 0 Å². The summed E-state index contributed by atoms with van der Waals surface area (Å²) >= 11 is 1.61. The van der Waals surface area contributed by atoms with E-state index in [4.69, 9.17) is 4.98 Å². The smallest absolute Gasteiger partial charge is 0.133 e. The van der Waals surface area contributed by atoms with Crippen LogP contribution < -0.4 is 5.32 Å². The lowest BCUT2D eigenvalue weighted by Crippen LogP contribution is -2.19. The number of nitrogens with zero attached hydrogens (tertiary/aromatic N) is 1. The Morgan fingerprint density at radius 3 is 2.62 bits per heavy atom. The maximum atomic E-state index is 14.0. The summed E-state index contributed by atoms with van der Waals surface area (Å²) in [4.78, 5) is 5.98. The predicted molar refractivity (Wildman–Crippen MR) is 86.1 cm³/mol. The number of halogens is 1. The third kappa shape index (κ3) is 3.33. The van der Waals surface area contributed by atoms with Crippen LogP contribution in [0.3, 0.4) is 0 Å². The molecule has 2 nitrogen and oxygen atoms in total. The molecule has 2 aromatic rings. The molecule has 112 valence electrons. The fourth-order valence-electron chi connectivity index (χ4n) is 2.33. The van der Waals surface area contributed by atoms with E-state index in [-0.39, 0.29) is 11.2 Å². The first kappa shape index (κ1) is 14.7. The van der Waals surface area contributed by atoms with Crippen molar-refractivity contribution in [3.63, 3.8) is 0 Å². The average Bonchev–Trinajstić information content (AvgIpc) is 3.14. The van der Waals surface area contributed by atoms with Crippen LogP contribution in [0.25, 0.3) is 10.6 Å². The van der Waals surface area contributed by atoms with E-state index >= 15 is 0 Å². The van der Waals surface area contributed by atoms with E-state index in [0.29, 0.717) is 11.6 Å². The Hall–Kier alpha value is -1.26. The molecule has 4 heteroatoms. The number of nitrogens with one attached hydrogen (secondary N) is 1. The molecule has 0 spiro atoms. The molecule has 1 aromatic carbocycles. The summed E-state index contributed by atoms with van der Waals surface area (Å²) < 4.78 is 14.0. The maximum Gasteiger partial charge on any atom is 0.133 e. The van der Waals surface area contributed by atoms with Gasteiger partial charge in [0.2, 0.25) is 0 Å². The molecule has 1 N–H and O–H groups in total. The van der Waals surface area contributed by atoms with E-state index < -0.39 is 0 Å². The highest BCUT2D eigenvalue weighted by Crippen LogP contribution is 2.35. The second-order valence-electron chi connectivity index (χ2n) is 6.68. The van der Waals surface area contributed by atoms with Crippen LogP contribution >= 0.6 is 11.3 Å². The van der Waals surface area contributed by atoms with Crippen LogP contribution in [0, 0.1) is 5.82 Å². The number of thiazole rings is 1. The lowest BCUT2D eigenvalue weighted by Gasteiger charge is -2.17. The van der Waals surface area contributed by atoms with E-state index in [1.807, 2.05) is 6.07 Å². The van der Waals surface area contributed by atoms with Crippen LogP contribution in [-0.4, -0.2) is 11.0 Å². The van der Waals surface area contributed by atoms with Crippen molar-refractivity contribution >= 4 is 11.3 Å². The molecule has 0 amide bonds. The van der Waals surface area contributed by atoms with Gasteiger partial charge in [-0.3, -0.25) is 0 Å². The molecule has 1 fully saturated rings. The van der Waals surface area contributed by atoms with Crippen LogP contribution in [0.2, 0.25) is 0 Å². The molecule has 3 rings (SSSR count). The molecular weight excluding hydrogens is 283 g/mol. The minimum Gasteiger partial charge on any atom is -0.309 e. The first-order valence-electron chi connectivity index (χ1n) is 7.43. The molecule has 0 unspecified atom stereocenters. The monoisotopic (exact) mass is 304 g/mol. The molecule has 0 aliphatic heterocycles. The fourth-order valence-corrected chi connectivity index (χ4v) is 3.58. The van der Waals surface area contributed by atoms with Crippen LogP contribution in [-0.2, 0) is 12.0 Å². The summed E-state index contributed by atoms with van der Waals surface area (Å²) in [6, 6.07) is 7.54. The molecule has 21 heavy (non-hydrogen) atoms. The predicted octanol–water partition coefficient (Wildman–Crippen LogP) is 4.50. The van der Waals surface area contributed by atoms with Crippen LogP contribution in [0.5, 0.6) is 0 Å². The maximum absolute atomic E-state index is 14.0. The van der Waals surface area contributed by atoms with E-state index in [1.54, 1.807) is 23.5 Å². The van der Waals surface area contributed by atoms with Crippen molar-refractivity contribution in [3.05, 3.63) is 40.7 Å². The minimum atomic E-state index is -0.201. The van der Waals surface area contributed by atoms with Gasteiger partial charge in [-0.25, -0.2) is 9.37 Å². The lowest BCUT2D eigenvalue weighted by atomic mass is 9.91. The summed E-state index contributed by atoms with van der Waals surface area (Å²) in [6.07, 6.45) is 2.54. The van der Waals surface area contributed by atoms with Crippen molar-refractivity contribution in [2.75, 3.05) is 0 Å². The van der Waals surface area contributed by atoms with Gasteiger partial charge in [-0.05, 0) is 25.0 Å². The van der Waals surface area contributed by atoms with Gasteiger partial charge >= 0.3 is 0 Å². The first-order chi connectivity index (χ1) is 9.95. The largest absolute Gasteiger partial charge is 0.309 e. The zero-order valence-corrected chi connectivity index (χ0v) is 13.6. The van der Waals surface area contributed by atoms with E-state index in [0.717, 1.165) is 17.2 Å². The molecule has 1 heterocycles. The molecule has 1 aliphatic rings. The second-order valence-corrected chi connectivity index (χ2v) is 7.76. The molecule has 0 saturated heterocycles. The third-order valence-corrected chi connectivity index (χ3v) is 4.73. The Bertz CT molecular complexity index is 638. The Morgan fingerprint density at radius 1 is 1.29 bits per heavy atom. The van der Waals surface area contributed by atoms with Crippen LogP contribution in [0.4, 0.5) is 4.39 Å². The van der Waals surface area contributed by atoms with E-state index in [9.17, 15) is 4.39 Å². The molecule has 1 aromatic heterocycles. The standard InChI is InChI=1S/C17H21FN2S/c1-17(2,3)15-14(10-19-11-8-9-11)21-16(20-15)12-6-4-5-7-13(12)18/h4-7,11,19H,8-10H2,1-3H3. The highest BCUT2D eigenvalue weighted by Gasteiger charge is 2.26. The summed E-state index contributed by atoms with van der Waals surface area (Å²) in [5.74, 6) is -0.201. The van der Waals surface area contributed by atoms with Gasteiger partial charge in [-0.1, -0.05) is 32.9 Å². The Kier molecular flexibility index (Phi) is 3.84. The lowest BCUT2D eigenvalue weighted by molar-refractivity contribution is 0.559. The van der Waals surface area contributed by atoms with Gasteiger partial charge in [-0.15, -0.1) is 11.3 Å². The number of hydrogen-bond acceptors (Lipinski definition) is 3. The summed E-state index contributed by atoms with van der Waals surface area (Å²) in [6.45, 7) is 7.32. The van der Waals surface area contributed by atoms with Crippen molar-refractivity contribution in [3.8, 4) is 10.6 Å². The summed E-state index contributed by atoms with van der Waals surface area (Å²) in [7, 11) is 0. The molecule has 0 bridgehead atoms. The quantitative estimate of drug-likeness (QED) is 0.899. The van der Waals surface area contributed by atoms with E-state index in [1.165, 1.54) is 23.8 Å². The van der Waals surface area contributed by atoms with Gasteiger partial charge in [0.1, 0.15) is 10.8 Å². The molecule has 0 atom stereocenters. The SMILES string of the molecule is CC(C)(C)c1nc(-c2ccccc2F)sc1CNC1CC1. The zero-order valence-electron chi connectivity index (χ0n) is 12.7. The van der Waals surface area contributed by atoms with Gasteiger partial charge in [0.25, 0.3) is 0 Å². The molecule has 0 radical (unpaired) electrons. The fraction of sp³-hybridized carbons (Fsp3) is 0.471. The van der Waals surface area contributed by atoms with Crippen LogP contribution in [0.15, 0.2) is 24.3 Å². The molecule has 1 saturated carbocycles. The van der Waals surface area contributed by atoms with Crippen LogP contribution in [0.1, 0.15) is 44.2 Å². The summed E-state index contributed by atoms with van der Waals surface area (Å²) in [5, 5.41) is 4.32. The van der Waals surface area contributed by atoms with Gasteiger partial charge in [0, 0.05) is 28.4 Å². The number of benzene rings is 1. The van der Waals surface area contributed by atoms with E-state index in [2.05, 4.69) is 26.1 Å². The molecule has 1 aliphatic carbocycles.